The van der Waals surface area contributed by atoms with Crippen LogP contribution in [-0.2, 0) is 9.53 Å². The number of benzene rings is 1. The second-order valence-corrected chi connectivity index (χ2v) is 5.33. The smallest absolute Gasteiger partial charge is 0.228 e. The molecule has 1 aromatic carbocycles. The Kier molecular flexibility index (Phi) is 6.66. The van der Waals surface area contributed by atoms with Gasteiger partial charge in [-0.25, -0.2) is 0 Å². The third-order valence-electron chi connectivity index (χ3n) is 3.71. The largest absolute Gasteiger partial charge is 0.394 e. The van der Waals surface area contributed by atoms with Gasteiger partial charge in [0.2, 0.25) is 5.91 Å². The van der Waals surface area contributed by atoms with E-state index in [4.69, 9.17) is 9.84 Å². The van der Waals surface area contributed by atoms with E-state index in [1.54, 1.807) is 0 Å². The van der Waals surface area contributed by atoms with Crippen LogP contribution in [0.2, 0.25) is 0 Å². The third kappa shape index (κ3) is 5.46. The molecule has 1 aliphatic heterocycles. The van der Waals surface area contributed by atoms with E-state index < -0.39 is 0 Å². The fourth-order valence-electron chi connectivity index (χ4n) is 2.60. The van der Waals surface area contributed by atoms with Crippen LogP contribution in [0, 0.1) is 5.92 Å². The number of carbonyl (C=O) groups is 1. The molecular weight excluding hydrogens is 268 g/mol. The summed E-state index contributed by atoms with van der Waals surface area (Å²) in [6.07, 6.45) is 1.97. The highest BCUT2D eigenvalue weighted by Crippen LogP contribution is 2.18. The maximum absolute atomic E-state index is 12.3. The molecular formula is C16H24N2O3. The Balaban J connectivity index is 1.76. The molecule has 1 heterocycles. The molecule has 1 saturated heterocycles. The summed E-state index contributed by atoms with van der Waals surface area (Å²) in [4.78, 5) is 14.5. The van der Waals surface area contributed by atoms with E-state index in [1.807, 2.05) is 30.3 Å². The van der Waals surface area contributed by atoms with Crippen LogP contribution >= 0.6 is 0 Å². The maximum Gasteiger partial charge on any atom is 0.228 e. The Morgan fingerprint density at radius 2 is 2.14 bits per heavy atom. The van der Waals surface area contributed by atoms with Gasteiger partial charge in [0, 0.05) is 18.8 Å². The Bertz CT molecular complexity index is 425. The van der Waals surface area contributed by atoms with Crippen molar-refractivity contribution in [2.75, 3.05) is 44.8 Å². The van der Waals surface area contributed by atoms with Crippen molar-refractivity contribution in [3.8, 4) is 0 Å². The van der Waals surface area contributed by atoms with Crippen molar-refractivity contribution in [3.63, 3.8) is 0 Å². The van der Waals surface area contributed by atoms with Gasteiger partial charge in [0.15, 0.2) is 0 Å². The van der Waals surface area contributed by atoms with E-state index in [2.05, 4.69) is 10.2 Å². The normalized spacial score (nSPS) is 19.4. The molecule has 0 radical (unpaired) electrons. The number of hydrogen-bond acceptors (Lipinski definition) is 4. The molecule has 116 valence electrons. The number of para-hydroxylation sites is 1. The van der Waals surface area contributed by atoms with Crippen LogP contribution in [0.5, 0.6) is 0 Å². The summed E-state index contributed by atoms with van der Waals surface area (Å²) in [5, 5.41) is 11.6. The fourth-order valence-corrected chi connectivity index (χ4v) is 2.60. The Morgan fingerprint density at radius 3 is 2.90 bits per heavy atom. The first-order chi connectivity index (χ1) is 10.3. The molecule has 1 unspecified atom stereocenters. The minimum absolute atomic E-state index is 0.0387. The minimum Gasteiger partial charge on any atom is -0.394 e. The van der Waals surface area contributed by atoms with Crippen LogP contribution in [0.3, 0.4) is 0 Å². The standard InChI is InChI=1S/C16H24N2O3/c19-10-12-21-11-9-18-8-4-5-14(13-18)16(20)17-15-6-2-1-3-7-15/h1-3,6-7,14,19H,4-5,8-13H2,(H,17,20). The average Bonchev–Trinajstić information content (AvgIpc) is 2.53. The van der Waals surface area contributed by atoms with Crippen molar-refractivity contribution < 1.29 is 14.6 Å². The van der Waals surface area contributed by atoms with Crippen LogP contribution in [0.4, 0.5) is 5.69 Å². The number of aliphatic hydroxyl groups excluding tert-OH is 1. The summed E-state index contributed by atoms with van der Waals surface area (Å²) >= 11 is 0. The van der Waals surface area contributed by atoms with Crippen molar-refractivity contribution in [1.82, 2.24) is 4.90 Å². The summed E-state index contributed by atoms with van der Waals surface area (Å²) in [7, 11) is 0. The Labute approximate surface area is 125 Å². The molecule has 2 N–H and O–H groups in total. The van der Waals surface area contributed by atoms with Gasteiger partial charge in [0.05, 0.1) is 25.7 Å². The van der Waals surface area contributed by atoms with Crippen LogP contribution < -0.4 is 5.32 Å². The zero-order valence-electron chi connectivity index (χ0n) is 12.3. The van der Waals surface area contributed by atoms with Gasteiger partial charge in [0.25, 0.3) is 0 Å². The molecule has 1 fully saturated rings. The number of hydrogen-bond donors (Lipinski definition) is 2. The topological polar surface area (TPSA) is 61.8 Å². The molecule has 0 aliphatic carbocycles. The van der Waals surface area contributed by atoms with Gasteiger partial charge in [-0.15, -0.1) is 0 Å². The first kappa shape index (κ1) is 15.9. The predicted molar refractivity (Wildman–Crippen MR) is 82.1 cm³/mol. The lowest BCUT2D eigenvalue weighted by Gasteiger charge is -2.31. The van der Waals surface area contributed by atoms with Gasteiger partial charge < -0.3 is 20.1 Å². The molecule has 5 heteroatoms. The van der Waals surface area contributed by atoms with Crippen molar-refractivity contribution in [3.05, 3.63) is 30.3 Å². The van der Waals surface area contributed by atoms with Crippen LogP contribution in [0.25, 0.3) is 0 Å². The van der Waals surface area contributed by atoms with Crippen LogP contribution in [-0.4, -0.2) is 55.4 Å². The van der Waals surface area contributed by atoms with Crippen LogP contribution in [0.1, 0.15) is 12.8 Å². The first-order valence-corrected chi connectivity index (χ1v) is 7.56. The second kappa shape index (κ2) is 8.77. The van der Waals surface area contributed by atoms with Crippen molar-refractivity contribution in [2.45, 2.75) is 12.8 Å². The SMILES string of the molecule is O=C(Nc1ccccc1)C1CCCN(CCOCCO)C1. The highest BCUT2D eigenvalue weighted by Gasteiger charge is 2.25. The van der Waals surface area contributed by atoms with Crippen molar-refractivity contribution in [1.29, 1.82) is 0 Å². The third-order valence-corrected chi connectivity index (χ3v) is 3.71. The molecule has 1 amide bonds. The molecule has 1 aromatic rings. The van der Waals surface area contributed by atoms with Gasteiger partial charge in [-0.05, 0) is 31.5 Å². The highest BCUT2D eigenvalue weighted by atomic mass is 16.5. The minimum atomic E-state index is 0.0387. The number of ether oxygens (including phenoxy) is 1. The summed E-state index contributed by atoms with van der Waals surface area (Å²) in [6, 6.07) is 9.58. The van der Waals surface area contributed by atoms with Gasteiger partial charge in [-0.2, -0.15) is 0 Å². The van der Waals surface area contributed by atoms with E-state index in [0.29, 0.717) is 13.2 Å². The second-order valence-electron chi connectivity index (χ2n) is 5.33. The predicted octanol–water partition coefficient (Wildman–Crippen LogP) is 1.35. The van der Waals surface area contributed by atoms with Gasteiger partial charge in [0.1, 0.15) is 0 Å². The molecule has 2 rings (SSSR count). The van der Waals surface area contributed by atoms with E-state index in [0.717, 1.165) is 38.2 Å². The first-order valence-electron chi connectivity index (χ1n) is 7.56. The number of piperidine rings is 1. The molecule has 1 atom stereocenters. The fraction of sp³-hybridized carbons (Fsp3) is 0.562. The quantitative estimate of drug-likeness (QED) is 0.745. The van der Waals surface area contributed by atoms with E-state index >= 15 is 0 Å². The average molecular weight is 292 g/mol. The number of anilines is 1. The van der Waals surface area contributed by atoms with Gasteiger partial charge in [-0.3, -0.25) is 4.79 Å². The molecule has 5 nitrogen and oxygen atoms in total. The van der Waals surface area contributed by atoms with Gasteiger partial charge >= 0.3 is 0 Å². The summed E-state index contributed by atoms with van der Waals surface area (Å²) < 4.78 is 5.28. The number of nitrogens with one attached hydrogen (secondary N) is 1. The number of amides is 1. The van der Waals surface area contributed by atoms with Crippen molar-refractivity contribution >= 4 is 11.6 Å². The lowest BCUT2D eigenvalue weighted by molar-refractivity contribution is -0.121. The number of carbonyl (C=O) groups excluding carboxylic acids is 1. The molecule has 0 aromatic heterocycles. The zero-order chi connectivity index (χ0) is 14.9. The number of rotatable bonds is 7. The molecule has 1 aliphatic rings. The number of nitrogens with zero attached hydrogens (tertiary/aromatic N) is 1. The molecule has 0 bridgehead atoms. The molecule has 0 saturated carbocycles. The summed E-state index contributed by atoms with van der Waals surface area (Å²) in [5.41, 5.74) is 0.853. The lowest BCUT2D eigenvalue weighted by Crippen LogP contribution is -2.42. The number of aliphatic hydroxyl groups is 1. The van der Waals surface area contributed by atoms with E-state index in [9.17, 15) is 4.79 Å². The zero-order valence-corrected chi connectivity index (χ0v) is 12.3. The molecule has 21 heavy (non-hydrogen) atoms. The van der Waals surface area contributed by atoms with Gasteiger partial charge in [-0.1, -0.05) is 18.2 Å². The maximum atomic E-state index is 12.3. The highest BCUT2D eigenvalue weighted by molar-refractivity contribution is 5.92. The van der Waals surface area contributed by atoms with E-state index in [-0.39, 0.29) is 18.4 Å². The monoisotopic (exact) mass is 292 g/mol. The Morgan fingerprint density at radius 1 is 1.33 bits per heavy atom. The summed E-state index contributed by atoms with van der Waals surface area (Å²) in [6.45, 7) is 3.65. The summed E-state index contributed by atoms with van der Waals surface area (Å²) in [5.74, 6) is 0.138. The number of likely N-dealkylation sites (tertiary alicyclic amines) is 1. The van der Waals surface area contributed by atoms with Crippen LogP contribution in [0.15, 0.2) is 30.3 Å². The Hall–Kier alpha value is -1.43. The van der Waals surface area contributed by atoms with Crippen molar-refractivity contribution in [2.24, 2.45) is 5.92 Å². The molecule has 0 spiro atoms. The van der Waals surface area contributed by atoms with E-state index in [1.165, 1.54) is 0 Å². The lowest BCUT2D eigenvalue weighted by atomic mass is 9.97.